The maximum Gasteiger partial charge on any atom is 0.241 e. The number of hydrogen-bond acceptors (Lipinski definition) is 5. The van der Waals surface area contributed by atoms with Crippen LogP contribution in [0.5, 0.6) is 11.5 Å². The average Bonchev–Trinajstić information content (AvgIpc) is 3.36. The normalized spacial score (nSPS) is 18.3. The molecule has 0 unspecified atom stereocenters. The predicted octanol–water partition coefficient (Wildman–Crippen LogP) is 3.05. The van der Waals surface area contributed by atoms with Crippen molar-refractivity contribution in [3.05, 3.63) is 54.6 Å². The number of nitrogens with zero attached hydrogens (tertiary/aromatic N) is 3. The van der Waals surface area contributed by atoms with E-state index in [0.29, 0.717) is 6.54 Å². The van der Waals surface area contributed by atoms with Gasteiger partial charge in [0, 0.05) is 45.0 Å². The molecule has 2 aliphatic heterocycles. The fourth-order valence-electron chi connectivity index (χ4n) is 4.21. The topological polar surface area (TPSA) is 65.1 Å². The summed E-state index contributed by atoms with van der Waals surface area (Å²) >= 11 is 0. The number of likely N-dealkylation sites (tertiary alicyclic amines) is 1. The van der Waals surface area contributed by atoms with Gasteiger partial charge in [-0.3, -0.25) is 19.4 Å². The molecule has 32 heavy (non-hydrogen) atoms. The van der Waals surface area contributed by atoms with Crippen LogP contribution in [0.2, 0.25) is 0 Å². The highest BCUT2D eigenvalue weighted by Crippen LogP contribution is 2.23. The molecule has 2 aliphatic rings. The van der Waals surface area contributed by atoms with Gasteiger partial charge in [-0.15, -0.1) is 0 Å². The van der Waals surface area contributed by atoms with Crippen molar-refractivity contribution in [1.82, 2.24) is 14.7 Å². The SMILES string of the molecule is C[C@@H](C(=O)Nc1ccc(Oc2ccccc2)cc1)N1CCN(CC(=O)N2CCCC2)CC1. The molecule has 0 radical (unpaired) electrons. The molecule has 7 nitrogen and oxygen atoms in total. The number of carbonyl (C=O) groups is 2. The zero-order chi connectivity index (χ0) is 22.3. The van der Waals surface area contributed by atoms with Gasteiger partial charge >= 0.3 is 0 Å². The summed E-state index contributed by atoms with van der Waals surface area (Å²) in [5, 5.41) is 3.00. The third-order valence-electron chi connectivity index (χ3n) is 6.25. The number of ether oxygens (including phenoxy) is 1. The van der Waals surface area contributed by atoms with Crippen LogP contribution in [0.4, 0.5) is 5.69 Å². The van der Waals surface area contributed by atoms with E-state index in [1.807, 2.05) is 66.4 Å². The monoisotopic (exact) mass is 436 g/mol. The van der Waals surface area contributed by atoms with Crippen molar-refractivity contribution >= 4 is 17.5 Å². The van der Waals surface area contributed by atoms with E-state index in [-0.39, 0.29) is 17.9 Å². The number of anilines is 1. The van der Waals surface area contributed by atoms with Crippen molar-refractivity contribution in [2.45, 2.75) is 25.8 Å². The predicted molar refractivity (Wildman–Crippen MR) is 125 cm³/mol. The molecule has 2 aromatic carbocycles. The number of carbonyl (C=O) groups excluding carboxylic acids is 2. The molecular formula is C25H32N4O3. The van der Waals surface area contributed by atoms with Crippen molar-refractivity contribution in [3.63, 3.8) is 0 Å². The van der Waals surface area contributed by atoms with Crippen LogP contribution in [0, 0.1) is 0 Å². The molecule has 2 heterocycles. The fourth-order valence-corrected chi connectivity index (χ4v) is 4.21. The highest BCUT2D eigenvalue weighted by molar-refractivity contribution is 5.94. The van der Waals surface area contributed by atoms with E-state index < -0.39 is 0 Å². The second-order valence-corrected chi connectivity index (χ2v) is 8.50. The van der Waals surface area contributed by atoms with Crippen LogP contribution in [0.15, 0.2) is 54.6 Å². The number of nitrogens with one attached hydrogen (secondary N) is 1. The molecule has 2 aromatic rings. The number of amides is 2. The molecule has 170 valence electrons. The quantitative estimate of drug-likeness (QED) is 0.723. The lowest BCUT2D eigenvalue weighted by Crippen LogP contribution is -2.54. The summed E-state index contributed by atoms with van der Waals surface area (Å²) in [4.78, 5) is 31.5. The molecular weight excluding hydrogens is 404 g/mol. The fraction of sp³-hybridized carbons (Fsp3) is 0.440. The summed E-state index contributed by atoms with van der Waals surface area (Å²) in [5.74, 6) is 1.71. The Bertz CT molecular complexity index is 889. The second-order valence-electron chi connectivity index (χ2n) is 8.50. The first-order valence-corrected chi connectivity index (χ1v) is 11.5. The minimum Gasteiger partial charge on any atom is -0.457 e. The minimum absolute atomic E-state index is 0.0247. The maximum atomic E-state index is 12.8. The molecule has 0 aliphatic carbocycles. The lowest BCUT2D eigenvalue weighted by atomic mass is 10.2. The number of rotatable bonds is 7. The third-order valence-corrected chi connectivity index (χ3v) is 6.25. The Kier molecular flexibility index (Phi) is 7.39. The zero-order valence-electron chi connectivity index (χ0n) is 18.7. The van der Waals surface area contributed by atoms with Crippen LogP contribution in [0.25, 0.3) is 0 Å². The van der Waals surface area contributed by atoms with Gasteiger partial charge < -0.3 is 15.0 Å². The lowest BCUT2D eigenvalue weighted by Gasteiger charge is -2.37. The van der Waals surface area contributed by atoms with Crippen molar-refractivity contribution in [2.24, 2.45) is 0 Å². The second kappa shape index (κ2) is 10.6. The Morgan fingerprint density at radius 1 is 0.875 bits per heavy atom. The zero-order valence-corrected chi connectivity index (χ0v) is 18.7. The number of benzene rings is 2. The minimum atomic E-state index is -0.230. The van der Waals surface area contributed by atoms with Crippen LogP contribution < -0.4 is 10.1 Å². The molecule has 2 amide bonds. The molecule has 1 atom stereocenters. The van der Waals surface area contributed by atoms with Crippen LogP contribution >= 0.6 is 0 Å². The highest BCUT2D eigenvalue weighted by Gasteiger charge is 2.27. The molecule has 0 saturated carbocycles. The van der Waals surface area contributed by atoms with E-state index in [9.17, 15) is 9.59 Å². The largest absolute Gasteiger partial charge is 0.457 e. The molecule has 2 saturated heterocycles. The van der Waals surface area contributed by atoms with Gasteiger partial charge in [0.05, 0.1) is 12.6 Å². The molecule has 0 aromatic heterocycles. The van der Waals surface area contributed by atoms with E-state index in [0.717, 1.165) is 69.3 Å². The standard InChI is InChI=1S/C25H32N4O3/c1-20(28-17-15-27(16-18-28)19-24(30)29-13-5-6-14-29)25(31)26-21-9-11-23(12-10-21)32-22-7-3-2-4-8-22/h2-4,7-12,20H,5-6,13-19H2,1H3,(H,26,31)/t20-/m0/s1. The summed E-state index contributed by atoms with van der Waals surface area (Å²) < 4.78 is 5.80. The first-order valence-electron chi connectivity index (χ1n) is 11.5. The smallest absolute Gasteiger partial charge is 0.241 e. The maximum absolute atomic E-state index is 12.8. The molecule has 0 spiro atoms. The van der Waals surface area contributed by atoms with Crippen molar-refractivity contribution < 1.29 is 14.3 Å². The van der Waals surface area contributed by atoms with Crippen molar-refractivity contribution in [1.29, 1.82) is 0 Å². The molecule has 4 rings (SSSR count). The Balaban J connectivity index is 1.22. The van der Waals surface area contributed by atoms with Crippen LogP contribution in [-0.4, -0.2) is 78.4 Å². The molecule has 1 N–H and O–H groups in total. The number of para-hydroxylation sites is 1. The summed E-state index contributed by atoms with van der Waals surface area (Å²) in [7, 11) is 0. The number of piperazine rings is 1. The van der Waals surface area contributed by atoms with Gasteiger partial charge in [0.15, 0.2) is 0 Å². The third kappa shape index (κ3) is 5.87. The highest BCUT2D eigenvalue weighted by atomic mass is 16.5. The van der Waals surface area contributed by atoms with Gasteiger partial charge in [-0.2, -0.15) is 0 Å². The number of hydrogen-bond donors (Lipinski definition) is 1. The van der Waals surface area contributed by atoms with Gasteiger partial charge in [-0.1, -0.05) is 18.2 Å². The summed E-state index contributed by atoms with van der Waals surface area (Å²) in [5.41, 5.74) is 0.747. The molecule has 7 heteroatoms. The Morgan fingerprint density at radius 2 is 1.50 bits per heavy atom. The molecule has 0 bridgehead atoms. The van der Waals surface area contributed by atoms with Crippen LogP contribution in [0.3, 0.4) is 0 Å². The van der Waals surface area contributed by atoms with E-state index in [4.69, 9.17) is 4.74 Å². The average molecular weight is 437 g/mol. The summed E-state index contributed by atoms with van der Waals surface area (Å²) in [6, 6.07) is 16.8. The van der Waals surface area contributed by atoms with Crippen LogP contribution in [-0.2, 0) is 9.59 Å². The van der Waals surface area contributed by atoms with Gasteiger partial charge in [0.2, 0.25) is 11.8 Å². The van der Waals surface area contributed by atoms with Crippen molar-refractivity contribution in [3.8, 4) is 11.5 Å². The van der Waals surface area contributed by atoms with Gasteiger partial charge in [-0.05, 0) is 56.2 Å². The van der Waals surface area contributed by atoms with E-state index in [1.165, 1.54) is 0 Å². The first kappa shape index (κ1) is 22.3. The Hall–Kier alpha value is -2.90. The first-order chi connectivity index (χ1) is 15.6. The van der Waals surface area contributed by atoms with E-state index >= 15 is 0 Å². The van der Waals surface area contributed by atoms with Crippen LogP contribution in [0.1, 0.15) is 19.8 Å². The van der Waals surface area contributed by atoms with E-state index in [1.54, 1.807) is 0 Å². The van der Waals surface area contributed by atoms with Gasteiger partial charge in [0.1, 0.15) is 11.5 Å². The molecule has 2 fully saturated rings. The van der Waals surface area contributed by atoms with Crippen molar-refractivity contribution in [2.75, 3.05) is 51.1 Å². The lowest BCUT2D eigenvalue weighted by molar-refractivity contribution is -0.132. The van der Waals surface area contributed by atoms with Gasteiger partial charge in [-0.25, -0.2) is 0 Å². The summed E-state index contributed by atoms with van der Waals surface area (Å²) in [6.07, 6.45) is 2.24. The Morgan fingerprint density at radius 3 is 2.16 bits per heavy atom. The van der Waals surface area contributed by atoms with Gasteiger partial charge in [0.25, 0.3) is 0 Å². The van der Waals surface area contributed by atoms with E-state index in [2.05, 4.69) is 15.1 Å². The summed E-state index contributed by atoms with van der Waals surface area (Å²) in [6.45, 7) is 7.41. The Labute approximate surface area is 189 Å².